The van der Waals surface area contributed by atoms with Gasteiger partial charge in [0.05, 0.1) is 22.2 Å². The SMILES string of the molecule is O=C1NCc2ccc(O)c(-c3nc4ccc(OCc5ccccc5)cc4[nH]3)c21. The van der Waals surface area contributed by atoms with Gasteiger partial charge in [-0.15, -0.1) is 0 Å². The van der Waals surface area contributed by atoms with Crippen LogP contribution in [-0.2, 0) is 13.2 Å². The second-order valence-corrected chi connectivity index (χ2v) is 6.72. The van der Waals surface area contributed by atoms with Crippen molar-refractivity contribution in [2.45, 2.75) is 13.2 Å². The van der Waals surface area contributed by atoms with Gasteiger partial charge in [0.2, 0.25) is 0 Å². The van der Waals surface area contributed by atoms with Gasteiger partial charge in [-0.05, 0) is 29.3 Å². The molecule has 3 N–H and O–H groups in total. The monoisotopic (exact) mass is 371 g/mol. The molecule has 0 saturated heterocycles. The molecule has 0 unspecified atom stereocenters. The summed E-state index contributed by atoms with van der Waals surface area (Å²) in [4.78, 5) is 20.0. The number of imidazole rings is 1. The molecule has 1 aliphatic rings. The number of fused-ring (bicyclic) bond motifs is 2. The maximum atomic E-state index is 12.2. The fraction of sp³-hybridized carbons (Fsp3) is 0.0909. The van der Waals surface area contributed by atoms with Gasteiger partial charge in [0.1, 0.15) is 23.9 Å². The minimum Gasteiger partial charge on any atom is -0.507 e. The van der Waals surface area contributed by atoms with Crippen LogP contribution in [0.15, 0.2) is 60.7 Å². The van der Waals surface area contributed by atoms with Crippen molar-refractivity contribution in [2.75, 3.05) is 0 Å². The van der Waals surface area contributed by atoms with Gasteiger partial charge < -0.3 is 20.1 Å². The number of nitrogens with zero attached hydrogens (tertiary/aromatic N) is 1. The first kappa shape index (κ1) is 16.4. The molecule has 0 aliphatic carbocycles. The predicted octanol–water partition coefficient (Wildman–Crippen LogP) is 3.76. The molecule has 2 heterocycles. The Hall–Kier alpha value is -3.80. The van der Waals surface area contributed by atoms with Gasteiger partial charge in [0.25, 0.3) is 5.91 Å². The van der Waals surface area contributed by atoms with E-state index in [0.717, 1.165) is 22.2 Å². The molecule has 0 atom stereocenters. The van der Waals surface area contributed by atoms with Crippen molar-refractivity contribution >= 4 is 16.9 Å². The topological polar surface area (TPSA) is 87.2 Å². The molecule has 1 amide bonds. The summed E-state index contributed by atoms with van der Waals surface area (Å²) >= 11 is 0. The van der Waals surface area contributed by atoms with Crippen molar-refractivity contribution in [3.05, 3.63) is 77.4 Å². The molecule has 6 heteroatoms. The van der Waals surface area contributed by atoms with Crippen molar-refractivity contribution in [3.8, 4) is 22.9 Å². The molecule has 0 spiro atoms. The molecule has 28 heavy (non-hydrogen) atoms. The van der Waals surface area contributed by atoms with E-state index in [1.54, 1.807) is 12.1 Å². The summed E-state index contributed by atoms with van der Waals surface area (Å²) in [6.07, 6.45) is 0. The average Bonchev–Trinajstić information content (AvgIpc) is 3.30. The van der Waals surface area contributed by atoms with Crippen LogP contribution in [0.1, 0.15) is 21.5 Å². The summed E-state index contributed by atoms with van der Waals surface area (Å²) in [5.74, 6) is 0.997. The first-order valence-corrected chi connectivity index (χ1v) is 8.99. The van der Waals surface area contributed by atoms with Crippen LogP contribution < -0.4 is 10.1 Å². The van der Waals surface area contributed by atoms with E-state index in [1.165, 1.54) is 0 Å². The number of phenolic OH excluding ortho intramolecular Hbond substituents is 1. The average molecular weight is 371 g/mol. The Morgan fingerprint density at radius 1 is 1.04 bits per heavy atom. The Morgan fingerprint density at radius 3 is 2.75 bits per heavy atom. The summed E-state index contributed by atoms with van der Waals surface area (Å²) in [6, 6.07) is 18.9. The van der Waals surface area contributed by atoms with E-state index in [0.29, 0.717) is 35.9 Å². The van der Waals surface area contributed by atoms with E-state index < -0.39 is 0 Å². The highest BCUT2D eigenvalue weighted by Gasteiger charge is 2.27. The fourth-order valence-electron chi connectivity index (χ4n) is 3.48. The number of hydrogen-bond donors (Lipinski definition) is 3. The summed E-state index contributed by atoms with van der Waals surface area (Å²) in [5.41, 5.74) is 4.34. The molecule has 0 bridgehead atoms. The van der Waals surface area contributed by atoms with E-state index in [4.69, 9.17) is 4.74 Å². The molecule has 0 fully saturated rings. The first-order valence-electron chi connectivity index (χ1n) is 8.99. The number of carbonyl (C=O) groups is 1. The summed E-state index contributed by atoms with van der Waals surface area (Å²) in [6.45, 7) is 0.930. The molecule has 6 nitrogen and oxygen atoms in total. The lowest BCUT2D eigenvalue weighted by Gasteiger charge is -2.06. The lowest BCUT2D eigenvalue weighted by atomic mass is 10.0. The third-order valence-corrected chi connectivity index (χ3v) is 4.87. The summed E-state index contributed by atoms with van der Waals surface area (Å²) in [7, 11) is 0. The molecule has 138 valence electrons. The zero-order valence-electron chi connectivity index (χ0n) is 14.9. The molecule has 0 saturated carbocycles. The maximum Gasteiger partial charge on any atom is 0.252 e. The number of phenols is 1. The van der Waals surface area contributed by atoms with Crippen LogP contribution in [0.2, 0.25) is 0 Å². The second-order valence-electron chi connectivity index (χ2n) is 6.72. The zero-order valence-corrected chi connectivity index (χ0v) is 14.9. The third kappa shape index (κ3) is 2.75. The molecule has 0 radical (unpaired) electrons. The largest absolute Gasteiger partial charge is 0.507 e. The van der Waals surface area contributed by atoms with Crippen LogP contribution in [0, 0.1) is 0 Å². The van der Waals surface area contributed by atoms with Crippen LogP contribution in [0.3, 0.4) is 0 Å². The van der Waals surface area contributed by atoms with Gasteiger partial charge in [-0.2, -0.15) is 0 Å². The van der Waals surface area contributed by atoms with Crippen molar-refractivity contribution in [1.82, 2.24) is 15.3 Å². The lowest BCUT2D eigenvalue weighted by Crippen LogP contribution is -2.13. The van der Waals surface area contributed by atoms with Crippen LogP contribution in [-0.4, -0.2) is 21.0 Å². The van der Waals surface area contributed by atoms with Crippen LogP contribution >= 0.6 is 0 Å². The number of benzene rings is 3. The number of amides is 1. The lowest BCUT2D eigenvalue weighted by molar-refractivity contribution is 0.0966. The van der Waals surface area contributed by atoms with E-state index in [9.17, 15) is 9.90 Å². The molecular formula is C22H17N3O3. The smallest absolute Gasteiger partial charge is 0.252 e. The van der Waals surface area contributed by atoms with Gasteiger partial charge in [-0.1, -0.05) is 36.4 Å². The maximum absolute atomic E-state index is 12.2. The zero-order chi connectivity index (χ0) is 19.1. The van der Waals surface area contributed by atoms with Gasteiger partial charge >= 0.3 is 0 Å². The number of aromatic nitrogens is 2. The number of rotatable bonds is 4. The van der Waals surface area contributed by atoms with Gasteiger partial charge in [-0.3, -0.25) is 4.79 Å². The quantitative estimate of drug-likeness (QED) is 0.510. The van der Waals surface area contributed by atoms with Crippen molar-refractivity contribution in [3.63, 3.8) is 0 Å². The van der Waals surface area contributed by atoms with Gasteiger partial charge in [0, 0.05) is 12.6 Å². The molecular weight excluding hydrogens is 354 g/mol. The van der Waals surface area contributed by atoms with E-state index in [2.05, 4.69) is 15.3 Å². The summed E-state index contributed by atoms with van der Waals surface area (Å²) < 4.78 is 5.87. The van der Waals surface area contributed by atoms with Crippen molar-refractivity contribution < 1.29 is 14.6 Å². The number of nitrogens with one attached hydrogen (secondary N) is 2. The Morgan fingerprint density at radius 2 is 1.89 bits per heavy atom. The van der Waals surface area contributed by atoms with Crippen LogP contribution in [0.25, 0.3) is 22.4 Å². The Labute approximate surface area is 160 Å². The highest BCUT2D eigenvalue weighted by atomic mass is 16.5. The number of hydrogen-bond acceptors (Lipinski definition) is 4. The number of ether oxygens (including phenoxy) is 1. The Balaban J connectivity index is 1.50. The Kier molecular flexibility index (Phi) is 3.76. The highest BCUT2D eigenvalue weighted by Crippen LogP contribution is 2.36. The number of aromatic amines is 1. The van der Waals surface area contributed by atoms with Crippen LogP contribution in [0.5, 0.6) is 11.5 Å². The van der Waals surface area contributed by atoms with Gasteiger partial charge in [0.15, 0.2) is 0 Å². The van der Waals surface area contributed by atoms with Crippen LogP contribution in [0.4, 0.5) is 0 Å². The Bertz CT molecular complexity index is 1200. The number of carbonyl (C=O) groups excluding carboxylic acids is 1. The molecule has 1 aliphatic heterocycles. The van der Waals surface area contributed by atoms with Crippen molar-refractivity contribution in [1.29, 1.82) is 0 Å². The third-order valence-electron chi connectivity index (χ3n) is 4.87. The minimum absolute atomic E-state index is 0.0235. The molecule has 1 aromatic heterocycles. The number of aromatic hydroxyl groups is 1. The predicted molar refractivity (Wildman–Crippen MR) is 105 cm³/mol. The normalized spacial score (nSPS) is 12.8. The first-order chi connectivity index (χ1) is 13.7. The van der Waals surface area contributed by atoms with Crippen molar-refractivity contribution in [2.24, 2.45) is 0 Å². The molecule has 5 rings (SSSR count). The second kappa shape index (κ2) is 6.42. The standard InChI is InChI=1S/C22H17N3O3/c26-18-9-6-14-11-23-22(27)19(14)20(18)21-24-16-8-7-15(10-17(16)25-21)28-12-13-4-2-1-3-5-13/h1-10,26H,11-12H2,(H,23,27)(H,24,25). The highest BCUT2D eigenvalue weighted by molar-refractivity contribution is 6.05. The van der Waals surface area contributed by atoms with E-state index >= 15 is 0 Å². The molecule has 3 aromatic carbocycles. The van der Waals surface area contributed by atoms with E-state index in [-0.39, 0.29) is 11.7 Å². The molecule has 4 aromatic rings. The minimum atomic E-state index is -0.201. The summed E-state index contributed by atoms with van der Waals surface area (Å²) in [5, 5.41) is 13.2. The van der Waals surface area contributed by atoms with Gasteiger partial charge in [-0.25, -0.2) is 4.98 Å². The number of H-pyrrole nitrogens is 1. The van der Waals surface area contributed by atoms with E-state index in [1.807, 2.05) is 48.5 Å². The fourth-order valence-corrected chi connectivity index (χ4v) is 3.48.